The molecule has 3 rings (SSSR count). The minimum atomic E-state index is 0.435. The highest BCUT2D eigenvalue weighted by atomic mass is 16.5. The van der Waals surface area contributed by atoms with Crippen molar-refractivity contribution >= 4 is 0 Å². The van der Waals surface area contributed by atoms with Gasteiger partial charge in [-0.05, 0) is 56.4 Å². The van der Waals surface area contributed by atoms with Gasteiger partial charge >= 0.3 is 0 Å². The van der Waals surface area contributed by atoms with Gasteiger partial charge in [-0.25, -0.2) is 0 Å². The topological polar surface area (TPSA) is 33.3 Å². The third-order valence-electron chi connectivity index (χ3n) is 4.74. The first-order chi connectivity index (χ1) is 8.36. The van der Waals surface area contributed by atoms with Crippen molar-refractivity contribution in [2.45, 2.75) is 44.2 Å². The lowest BCUT2D eigenvalue weighted by Gasteiger charge is -2.18. The van der Waals surface area contributed by atoms with Crippen LogP contribution in [0.5, 0.6) is 0 Å². The highest BCUT2D eigenvalue weighted by Crippen LogP contribution is 2.48. The molecule has 2 aliphatic carbocycles. The van der Waals surface area contributed by atoms with E-state index in [1.54, 1.807) is 0 Å². The molecule has 2 saturated carbocycles. The first-order valence-corrected chi connectivity index (χ1v) is 7.33. The zero-order chi connectivity index (χ0) is 11.7. The molecule has 1 heterocycles. The molecule has 3 heteroatoms. The molecule has 2 N–H and O–H groups in total. The third-order valence-corrected chi connectivity index (χ3v) is 4.74. The van der Waals surface area contributed by atoms with Gasteiger partial charge in [-0.1, -0.05) is 0 Å². The number of hydrogen-bond donors (Lipinski definition) is 2. The predicted molar refractivity (Wildman–Crippen MR) is 69.0 cm³/mol. The second kappa shape index (κ2) is 5.25. The quantitative estimate of drug-likeness (QED) is 0.703. The summed E-state index contributed by atoms with van der Waals surface area (Å²) in [6.07, 6.45) is 7.59. The number of nitrogens with one attached hydrogen (secondary N) is 2. The zero-order valence-electron chi connectivity index (χ0n) is 11.0. The lowest BCUT2D eigenvalue weighted by molar-refractivity contribution is 0.117. The lowest BCUT2D eigenvalue weighted by atomic mass is 9.98. The van der Waals surface area contributed by atoms with Gasteiger partial charge in [0.25, 0.3) is 0 Å². The van der Waals surface area contributed by atoms with E-state index in [1.165, 1.54) is 38.6 Å². The van der Waals surface area contributed by atoms with Crippen LogP contribution >= 0.6 is 0 Å². The van der Waals surface area contributed by atoms with E-state index in [0.29, 0.717) is 12.1 Å². The number of ether oxygens (including phenoxy) is 1. The van der Waals surface area contributed by atoms with Gasteiger partial charge in [-0.2, -0.15) is 0 Å². The van der Waals surface area contributed by atoms with Crippen molar-refractivity contribution in [3.05, 3.63) is 0 Å². The average Bonchev–Trinajstić information content (AvgIpc) is 3.25. The Hall–Kier alpha value is -0.120. The zero-order valence-corrected chi connectivity index (χ0v) is 11.0. The molecule has 3 nitrogen and oxygen atoms in total. The molecule has 2 atom stereocenters. The summed E-state index contributed by atoms with van der Waals surface area (Å²) in [5, 5.41) is 7.23. The van der Waals surface area contributed by atoms with E-state index in [1.807, 2.05) is 7.11 Å². The molecule has 0 spiro atoms. The van der Waals surface area contributed by atoms with Crippen molar-refractivity contribution in [2.24, 2.45) is 17.8 Å². The maximum absolute atomic E-state index is 5.37. The molecule has 1 aliphatic heterocycles. The minimum absolute atomic E-state index is 0.435. The van der Waals surface area contributed by atoms with Crippen molar-refractivity contribution in [1.29, 1.82) is 0 Å². The molecule has 0 radical (unpaired) electrons. The summed E-state index contributed by atoms with van der Waals surface area (Å²) in [6, 6.07) is 0.624. The van der Waals surface area contributed by atoms with Crippen LogP contribution in [-0.2, 0) is 4.74 Å². The van der Waals surface area contributed by atoms with E-state index in [9.17, 15) is 0 Å². The molecular formula is C14H26N2O. The standard InChI is InChI=1S/C14H26N2O/c1-17-13-6-12(16-8-13)7-15-9-14(10-2-3-10)11-4-5-11/h10-16H,2-9H2,1H3. The fourth-order valence-electron chi connectivity index (χ4n) is 3.31. The van der Waals surface area contributed by atoms with Crippen LogP contribution in [0.3, 0.4) is 0 Å². The summed E-state index contributed by atoms with van der Waals surface area (Å²) in [4.78, 5) is 0. The second-order valence-electron chi connectivity index (χ2n) is 6.20. The number of methoxy groups -OCH3 is 1. The largest absolute Gasteiger partial charge is 0.380 e. The minimum Gasteiger partial charge on any atom is -0.380 e. The van der Waals surface area contributed by atoms with E-state index < -0.39 is 0 Å². The Labute approximate surface area is 105 Å². The normalized spacial score (nSPS) is 33.5. The number of rotatable bonds is 7. The summed E-state index contributed by atoms with van der Waals surface area (Å²) in [5.41, 5.74) is 0. The molecule has 0 aromatic heterocycles. The van der Waals surface area contributed by atoms with E-state index in [-0.39, 0.29) is 0 Å². The Morgan fingerprint density at radius 3 is 2.47 bits per heavy atom. The summed E-state index contributed by atoms with van der Waals surface area (Å²) in [7, 11) is 1.82. The Bertz CT molecular complexity index is 239. The lowest BCUT2D eigenvalue weighted by Crippen LogP contribution is -2.37. The predicted octanol–water partition coefficient (Wildman–Crippen LogP) is 1.39. The summed E-state index contributed by atoms with van der Waals surface area (Å²) >= 11 is 0. The van der Waals surface area contributed by atoms with Crippen LogP contribution in [0.15, 0.2) is 0 Å². The molecule has 3 aliphatic rings. The Balaban J connectivity index is 1.34. The van der Waals surface area contributed by atoms with Gasteiger partial charge in [0.2, 0.25) is 0 Å². The third kappa shape index (κ3) is 3.21. The molecule has 17 heavy (non-hydrogen) atoms. The summed E-state index contributed by atoms with van der Waals surface area (Å²) in [5.74, 6) is 3.13. The smallest absolute Gasteiger partial charge is 0.0711 e. The number of hydrogen-bond acceptors (Lipinski definition) is 3. The average molecular weight is 238 g/mol. The Kier molecular flexibility index (Phi) is 3.69. The molecule has 0 amide bonds. The highest BCUT2D eigenvalue weighted by Gasteiger charge is 2.40. The van der Waals surface area contributed by atoms with Gasteiger partial charge < -0.3 is 15.4 Å². The van der Waals surface area contributed by atoms with Gasteiger partial charge in [-0.15, -0.1) is 0 Å². The monoisotopic (exact) mass is 238 g/mol. The van der Waals surface area contributed by atoms with Gasteiger partial charge in [0.15, 0.2) is 0 Å². The van der Waals surface area contributed by atoms with Crippen LogP contribution in [0.25, 0.3) is 0 Å². The van der Waals surface area contributed by atoms with E-state index in [0.717, 1.165) is 30.8 Å². The van der Waals surface area contributed by atoms with Gasteiger partial charge in [0, 0.05) is 26.2 Å². The van der Waals surface area contributed by atoms with Gasteiger partial charge in [0.1, 0.15) is 0 Å². The van der Waals surface area contributed by atoms with Crippen LogP contribution in [0.1, 0.15) is 32.1 Å². The van der Waals surface area contributed by atoms with E-state index >= 15 is 0 Å². The van der Waals surface area contributed by atoms with Crippen molar-refractivity contribution in [2.75, 3.05) is 26.7 Å². The van der Waals surface area contributed by atoms with Crippen LogP contribution in [0.4, 0.5) is 0 Å². The SMILES string of the molecule is COC1CNC(CNCC(C2CC2)C2CC2)C1. The van der Waals surface area contributed by atoms with Gasteiger partial charge in [0.05, 0.1) is 6.10 Å². The molecule has 0 aromatic carbocycles. The molecule has 2 unspecified atom stereocenters. The van der Waals surface area contributed by atoms with Crippen molar-refractivity contribution < 1.29 is 4.74 Å². The first-order valence-electron chi connectivity index (χ1n) is 7.33. The molecule has 1 saturated heterocycles. The maximum Gasteiger partial charge on any atom is 0.0711 e. The maximum atomic E-state index is 5.37. The van der Waals surface area contributed by atoms with Crippen LogP contribution in [0.2, 0.25) is 0 Å². The highest BCUT2D eigenvalue weighted by molar-refractivity contribution is 4.93. The Morgan fingerprint density at radius 2 is 1.94 bits per heavy atom. The first kappa shape index (κ1) is 11.9. The summed E-state index contributed by atoms with van der Waals surface area (Å²) in [6.45, 7) is 3.40. The molecule has 3 fully saturated rings. The molecule has 0 bridgehead atoms. The summed E-state index contributed by atoms with van der Waals surface area (Å²) < 4.78 is 5.37. The van der Waals surface area contributed by atoms with Crippen LogP contribution in [-0.4, -0.2) is 38.9 Å². The second-order valence-corrected chi connectivity index (χ2v) is 6.20. The fourth-order valence-corrected chi connectivity index (χ4v) is 3.31. The van der Waals surface area contributed by atoms with Gasteiger partial charge in [-0.3, -0.25) is 0 Å². The fraction of sp³-hybridized carbons (Fsp3) is 1.00. The van der Waals surface area contributed by atoms with Crippen molar-refractivity contribution in [1.82, 2.24) is 10.6 Å². The van der Waals surface area contributed by atoms with Crippen molar-refractivity contribution in [3.63, 3.8) is 0 Å². The van der Waals surface area contributed by atoms with Crippen LogP contribution < -0.4 is 10.6 Å². The van der Waals surface area contributed by atoms with E-state index in [4.69, 9.17) is 4.74 Å². The van der Waals surface area contributed by atoms with Crippen molar-refractivity contribution in [3.8, 4) is 0 Å². The molecular weight excluding hydrogens is 212 g/mol. The van der Waals surface area contributed by atoms with Crippen LogP contribution in [0, 0.1) is 17.8 Å². The molecule has 0 aromatic rings. The molecule has 98 valence electrons. The van der Waals surface area contributed by atoms with E-state index in [2.05, 4.69) is 10.6 Å². The Morgan fingerprint density at radius 1 is 1.24 bits per heavy atom.